The highest BCUT2D eigenvalue weighted by Gasteiger charge is 2.11. The van der Waals surface area contributed by atoms with Crippen LogP contribution in [0, 0.1) is 11.6 Å². The molecule has 0 aromatic heterocycles. The largest absolute Gasteiger partial charge is 0.304 e. The van der Waals surface area contributed by atoms with Gasteiger partial charge in [-0.15, -0.1) is 0 Å². The molecule has 0 fully saturated rings. The number of Topliss-reactive ketones (excluding diaryl/α,β-unsaturated/α-hetero) is 1. The maximum absolute atomic E-state index is 12.9. The summed E-state index contributed by atoms with van der Waals surface area (Å²) >= 11 is 0. The quantitative estimate of drug-likeness (QED) is 0.739. The van der Waals surface area contributed by atoms with Crippen LogP contribution >= 0.6 is 0 Å². The molecule has 0 bridgehead atoms. The molecule has 1 rings (SSSR count). The molecular weight excluding hydrogens is 224 g/mol. The third-order valence-electron chi connectivity index (χ3n) is 2.76. The van der Waals surface area contributed by atoms with Crippen molar-refractivity contribution in [1.29, 1.82) is 0 Å². The van der Waals surface area contributed by atoms with Crippen LogP contribution in [0.15, 0.2) is 18.2 Å². The summed E-state index contributed by atoms with van der Waals surface area (Å²) in [6, 6.07) is 3.24. The Morgan fingerprint density at radius 3 is 2.24 bits per heavy atom. The molecule has 0 unspecified atom stereocenters. The Bertz CT molecular complexity index is 384. The normalized spacial score (nSPS) is 11.2. The highest BCUT2D eigenvalue weighted by Crippen LogP contribution is 2.10. The number of ketones is 1. The van der Waals surface area contributed by atoms with Gasteiger partial charge in [0.15, 0.2) is 5.78 Å². The van der Waals surface area contributed by atoms with Crippen molar-refractivity contribution in [2.75, 3.05) is 13.6 Å². The molecule has 0 atom stereocenters. The highest BCUT2D eigenvalue weighted by molar-refractivity contribution is 5.96. The average Bonchev–Trinajstić information content (AvgIpc) is 2.23. The van der Waals surface area contributed by atoms with Crippen LogP contribution in [0.1, 0.15) is 30.6 Å². The Hall–Kier alpha value is -1.29. The van der Waals surface area contributed by atoms with E-state index in [4.69, 9.17) is 0 Å². The first kappa shape index (κ1) is 13.8. The number of carbonyl (C=O) groups excluding carboxylic acids is 1. The van der Waals surface area contributed by atoms with Gasteiger partial charge >= 0.3 is 0 Å². The number of hydrogen-bond acceptors (Lipinski definition) is 2. The molecule has 1 aromatic carbocycles. The Morgan fingerprint density at radius 1 is 1.24 bits per heavy atom. The van der Waals surface area contributed by atoms with Crippen molar-refractivity contribution in [3.63, 3.8) is 0 Å². The summed E-state index contributed by atoms with van der Waals surface area (Å²) in [4.78, 5) is 13.7. The van der Waals surface area contributed by atoms with Crippen LogP contribution in [-0.4, -0.2) is 30.3 Å². The third kappa shape index (κ3) is 4.23. The maximum atomic E-state index is 12.9. The average molecular weight is 241 g/mol. The number of hydrogen-bond donors (Lipinski definition) is 0. The summed E-state index contributed by atoms with van der Waals surface area (Å²) in [6.07, 6.45) is 0.261. The van der Waals surface area contributed by atoms with Crippen molar-refractivity contribution in [3.05, 3.63) is 35.4 Å². The van der Waals surface area contributed by atoms with Gasteiger partial charge in [0, 0.05) is 30.6 Å². The molecule has 0 radical (unpaired) electrons. The van der Waals surface area contributed by atoms with Crippen LogP contribution in [0.2, 0.25) is 0 Å². The van der Waals surface area contributed by atoms with Crippen LogP contribution in [-0.2, 0) is 0 Å². The lowest BCUT2D eigenvalue weighted by atomic mass is 10.1. The van der Waals surface area contributed by atoms with Gasteiger partial charge in [0.05, 0.1) is 0 Å². The lowest BCUT2D eigenvalue weighted by molar-refractivity contribution is 0.0963. The molecule has 0 aliphatic heterocycles. The van der Waals surface area contributed by atoms with Gasteiger partial charge in [-0.3, -0.25) is 4.79 Å². The van der Waals surface area contributed by atoms with E-state index in [-0.39, 0.29) is 17.8 Å². The molecule has 0 amide bonds. The second kappa shape index (κ2) is 5.87. The third-order valence-corrected chi connectivity index (χ3v) is 2.76. The molecule has 17 heavy (non-hydrogen) atoms. The first-order chi connectivity index (χ1) is 7.90. The zero-order valence-electron chi connectivity index (χ0n) is 10.3. The lowest BCUT2D eigenvalue weighted by Crippen LogP contribution is -2.28. The molecule has 0 aliphatic rings. The maximum Gasteiger partial charge on any atom is 0.164 e. The van der Waals surface area contributed by atoms with Gasteiger partial charge in [-0.1, -0.05) is 0 Å². The second-order valence-corrected chi connectivity index (χ2v) is 4.41. The minimum atomic E-state index is -0.717. The van der Waals surface area contributed by atoms with Crippen molar-refractivity contribution in [3.8, 4) is 0 Å². The monoisotopic (exact) mass is 241 g/mol. The summed E-state index contributed by atoms with van der Waals surface area (Å²) in [5.41, 5.74) is 0.0969. The summed E-state index contributed by atoms with van der Waals surface area (Å²) in [6.45, 7) is 4.62. The number of rotatable bonds is 5. The van der Waals surface area contributed by atoms with Gasteiger partial charge < -0.3 is 4.90 Å². The van der Waals surface area contributed by atoms with Crippen molar-refractivity contribution in [1.82, 2.24) is 4.90 Å². The molecule has 94 valence electrons. The van der Waals surface area contributed by atoms with E-state index in [0.717, 1.165) is 18.2 Å². The minimum Gasteiger partial charge on any atom is -0.304 e. The van der Waals surface area contributed by atoms with Crippen LogP contribution in [0.25, 0.3) is 0 Å². The van der Waals surface area contributed by atoms with Gasteiger partial charge in [0.1, 0.15) is 11.6 Å². The molecular formula is C13H17F2NO. The van der Waals surface area contributed by atoms with Crippen molar-refractivity contribution in [2.24, 2.45) is 0 Å². The van der Waals surface area contributed by atoms with E-state index in [1.165, 1.54) is 0 Å². The van der Waals surface area contributed by atoms with Crippen LogP contribution in [0.5, 0.6) is 0 Å². The Labute approximate surface area is 100 Å². The lowest BCUT2D eigenvalue weighted by Gasteiger charge is -2.20. The standard InChI is InChI=1S/C13H17F2NO/c1-9(2)16(3)5-4-13(17)10-6-11(14)8-12(15)7-10/h6-9H,4-5H2,1-3H3. The van der Waals surface area contributed by atoms with E-state index < -0.39 is 11.6 Å². The molecule has 0 N–H and O–H groups in total. The van der Waals surface area contributed by atoms with E-state index in [0.29, 0.717) is 12.6 Å². The van der Waals surface area contributed by atoms with Gasteiger partial charge in [-0.2, -0.15) is 0 Å². The smallest absolute Gasteiger partial charge is 0.164 e. The molecule has 2 nitrogen and oxygen atoms in total. The van der Waals surface area contributed by atoms with Gasteiger partial charge in [-0.25, -0.2) is 8.78 Å². The van der Waals surface area contributed by atoms with Crippen LogP contribution in [0.4, 0.5) is 8.78 Å². The van der Waals surface area contributed by atoms with Crippen molar-refractivity contribution in [2.45, 2.75) is 26.3 Å². The zero-order valence-corrected chi connectivity index (χ0v) is 10.3. The topological polar surface area (TPSA) is 20.3 Å². The fourth-order valence-electron chi connectivity index (χ4n) is 1.40. The molecule has 4 heteroatoms. The Morgan fingerprint density at radius 2 is 1.76 bits per heavy atom. The fourth-order valence-corrected chi connectivity index (χ4v) is 1.40. The Kier molecular flexibility index (Phi) is 4.75. The molecule has 0 spiro atoms. The van der Waals surface area contributed by atoms with E-state index in [9.17, 15) is 13.6 Å². The Balaban J connectivity index is 2.64. The number of carbonyl (C=O) groups is 1. The summed E-state index contributed by atoms with van der Waals surface area (Å²) in [5, 5.41) is 0. The molecule has 0 aliphatic carbocycles. The predicted molar refractivity (Wildman–Crippen MR) is 63.1 cm³/mol. The first-order valence-electron chi connectivity index (χ1n) is 5.59. The number of halogens is 2. The first-order valence-corrected chi connectivity index (χ1v) is 5.59. The fraction of sp³-hybridized carbons (Fsp3) is 0.462. The highest BCUT2D eigenvalue weighted by atomic mass is 19.1. The van der Waals surface area contributed by atoms with Gasteiger partial charge in [0.2, 0.25) is 0 Å². The molecule has 0 heterocycles. The van der Waals surface area contributed by atoms with E-state index >= 15 is 0 Å². The van der Waals surface area contributed by atoms with E-state index in [2.05, 4.69) is 0 Å². The van der Waals surface area contributed by atoms with Gasteiger partial charge in [-0.05, 0) is 33.0 Å². The van der Waals surface area contributed by atoms with E-state index in [1.807, 2.05) is 25.8 Å². The SMILES string of the molecule is CC(C)N(C)CCC(=O)c1cc(F)cc(F)c1. The summed E-state index contributed by atoms with van der Waals surface area (Å²) in [7, 11) is 1.91. The predicted octanol–water partition coefficient (Wildman–Crippen LogP) is 2.88. The molecule has 0 saturated heterocycles. The van der Waals surface area contributed by atoms with E-state index in [1.54, 1.807) is 0 Å². The number of benzene rings is 1. The molecule has 1 aromatic rings. The van der Waals surface area contributed by atoms with Crippen molar-refractivity contribution < 1.29 is 13.6 Å². The minimum absolute atomic E-state index is 0.0969. The number of nitrogens with zero attached hydrogens (tertiary/aromatic N) is 1. The van der Waals surface area contributed by atoms with Gasteiger partial charge in [0.25, 0.3) is 0 Å². The summed E-state index contributed by atoms with van der Waals surface area (Å²) < 4.78 is 25.8. The second-order valence-electron chi connectivity index (χ2n) is 4.41. The summed E-state index contributed by atoms with van der Waals surface area (Å²) in [5.74, 6) is -1.67. The van der Waals surface area contributed by atoms with Crippen LogP contribution in [0.3, 0.4) is 0 Å². The van der Waals surface area contributed by atoms with Crippen molar-refractivity contribution >= 4 is 5.78 Å². The zero-order chi connectivity index (χ0) is 13.0. The van der Waals surface area contributed by atoms with Crippen LogP contribution < -0.4 is 0 Å². The molecule has 0 saturated carbocycles.